The molecule has 1 aliphatic rings. The van der Waals surface area contributed by atoms with Gasteiger partial charge in [-0.3, -0.25) is 0 Å². The summed E-state index contributed by atoms with van der Waals surface area (Å²) in [5.74, 6) is 1.29. The van der Waals surface area contributed by atoms with Gasteiger partial charge < -0.3 is 9.29 Å². The van der Waals surface area contributed by atoms with Crippen LogP contribution in [0.1, 0.15) is 39.4 Å². The molecule has 1 aromatic heterocycles. The number of hydrogen-bond acceptors (Lipinski definition) is 5. The number of nitrogens with zero attached hydrogens (tertiary/aromatic N) is 3. The van der Waals surface area contributed by atoms with Crippen molar-refractivity contribution in [2.24, 2.45) is 11.8 Å². The third kappa shape index (κ3) is 3.08. The van der Waals surface area contributed by atoms with Gasteiger partial charge in [-0.05, 0) is 31.0 Å². The van der Waals surface area contributed by atoms with Crippen LogP contribution in [0.3, 0.4) is 0 Å². The van der Waals surface area contributed by atoms with E-state index in [0.29, 0.717) is 33.9 Å². The van der Waals surface area contributed by atoms with Crippen LogP contribution in [-0.4, -0.2) is 31.3 Å². The van der Waals surface area contributed by atoms with Gasteiger partial charge in [-0.25, -0.2) is 9.97 Å². The zero-order chi connectivity index (χ0) is 17.6. The number of fused-ring (bicyclic) bond motifs is 1. The van der Waals surface area contributed by atoms with Crippen molar-refractivity contribution in [3.8, 4) is 5.88 Å². The van der Waals surface area contributed by atoms with Crippen LogP contribution >= 0.6 is 11.6 Å². The Balaban J connectivity index is 1.96. The summed E-state index contributed by atoms with van der Waals surface area (Å²) in [5, 5.41) is 0.670. The highest BCUT2D eigenvalue weighted by atomic mass is 35.5. The van der Waals surface area contributed by atoms with Crippen molar-refractivity contribution < 1.29 is 9.29 Å². The second-order valence-corrected chi connectivity index (χ2v) is 8.45. The van der Waals surface area contributed by atoms with Crippen molar-refractivity contribution in [3.05, 3.63) is 28.9 Å². The fraction of sp³-hybridized carbons (Fsp3) is 0.529. The first-order valence-corrected chi connectivity index (χ1v) is 9.60. The second kappa shape index (κ2) is 6.67. The predicted molar refractivity (Wildman–Crippen MR) is 97.3 cm³/mol. The SMILES string of the molecule is COc1nc2ccc(Cl)cc2nc1[C@@H](C)N1[C@@H](C(C)C(C)C)[S+]1[O-]. The molecule has 1 aliphatic heterocycles. The molecule has 3 rings (SSSR count). The quantitative estimate of drug-likeness (QED) is 0.591. The summed E-state index contributed by atoms with van der Waals surface area (Å²) in [6.45, 7) is 8.44. The molecule has 0 saturated carbocycles. The molecule has 7 heteroatoms. The number of halogens is 1. The molecule has 0 spiro atoms. The number of rotatable bonds is 5. The Morgan fingerprint density at radius 2 is 1.92 bits per heavy atom. The minimum atomic E-state index is -0.982. The highest BCUT2D eigenvalue weighted by Gasteiger charge is 2.61. The van der Waals surface area contributed by atoms with Crippen molar-refractivity contribution in [1.29, 1.82) is 0 Å². The van der Waals surface area contributed by atoms with Gasteiger partial charge in [0.15, 0.2) is 0 Å². The third-order valence-corrected chi connectivity index (χ3v) is 6.76. The summed E-state index contributed by atoms with van der Waals surface area (Å²) < 4.78 is 19.8. The Bertz CT molecular complexity index is 758. The molecule has 1 saturated heterocycles. The molecule has 0 N–H and O–H groups in total. The van der Waals surface area contributed by atoms with E-state index in [4.69, 9.17) is 21.3 Å². The summed E-state index contributed by atoms with van der Waals surface area (Å²) in [4.78, 5) is 9.22. The molecule has 0 amide bonds. The Morgan fingerprint density at radius 3 is 2.54 bits per heavy atom. The number of benzene rings is 1. The van der Waals surface area contributed by atoms with E-state index in [-0.39, 0.29) is 11.4 Å². The molecule has 3 unspecified atom stereocenters. The van der Waals surface area contributed by atoms with E-state index in [0.717, 1.165) is 5.52 Å². The summed E-state index contributed by atoms with van der Waals surface area (Å²) >= 11 is 5.08. The Kier molecular flexibility index (Phi) is 4.93. The molecule has 0 radical (unpaired) electrons. The molecule has 5 nitrogen and oxygen atoms in total. The fourth-order valence-electron chi connectivity index (χ4n) is 2.85. The topological polar surface area (TPSA) is 61.1 Å². The molecule has 130 valence electrons. The van der Waals surface area contributed by atoms with Crippen molar-refractivity contribution in [1.82, 2.24) is 14.3 Å². The van der Waals surface area contributed by atoms with E-state index in [1.54, 1.807) is 19.2 Å². The van der Waals surface area contributed by atoms with Gasteiger partial charge in [0.1, 0.15) is 11.7 Å². The second-order valence-electron chi connectivity index (χ2n) is 6.56. The minimum absolute atomic E-state index is 0.0570. The Labute approximate surface area is 150 Å². The predicted octanol–water partition coefficient (Wildman–Crippen LogP) is 3.95. The summed E-state index contributed by atoms with van der Waals surface area (Å²) in [5.41, 5.74) is 2.14. The van der Waals surface area contributed by atoms with E-state index in [9.17, 15) is 4.55 Å². The summed E-state index contributed by atoms with van der Waals surface area (Å²) in [7, 11) is 1.58. The zero-order valence-corrected chi connectivity index (χ0v) is 16.1. The van der Waals surface area contributed by atoms with Crippen LogP contribution in [0.5, 0.6) is 5.88 Å². The highest BCUT2D eigenvalue weighted by Crippen LogP contribution is 2.47. The van der Waals surface area contributed by atoms with Crippen molar-refractivity contribution in [3.63, 3.8) is 0 Å². The van der Waals surface area contributed by atoms with Crippen LogP contribution < -0.4 is 4.74 Å². The number of ether oxygens (including phenoxy) is 1. The smallest absolute Gasteiger partial charge is 0.237 e. The lowest BCUT2D eigenvalue weighted by Crippen LogP contribution is -2.19. The van der Waals surface area contributed by atoms with Gasteiger partial charge in [-0.2, -0.15) is 0 Å². The zero-order valence-electron chi connectivity index (χ0n) is 14.5. The van der Waals surface area contributed by atoms with Crippen molar-refractivity contribution in [2.45, 2.75) is 39.1 Å². The van der Waals surface area contributed by atoms with Crippen LogP contribution in [0.25, 0.3) is 11.0 Å². The van der Waals surface area contributed by atoms with Crippen LogP contribution in [0.15, 0.2) is 18.2 Å². The summed E-state index contributed by atoms with van der Waals surface area (Å²) in [6.07, 6.45) is 0. The van der Waals surface area contributed by atoms with Crippen LogP contribution in [0.2, 0.25) is 5.02 Å². The van der Waals surface area contributed by atoms with E-state index < -0.39 is 11.4 Å². The van der Waals surface area contributed by atoms with Gasteiger partial charge in [-0.1, -0.05) is 36.7 Å². The molecule has 0 aliphatic carbocycles. The van der Waals surface area contributed by atoms with Gasteiger partial charge in [0.25, 0.3) is 0 Å². The maximum Gasteiger partial charge on any atom is 0.237 e. The average Bonchev–Trinajstić information content (AvgIpc) is 3.22. The van der Waals surface area contributed by atoms with E-state index in [2.05, 4.69) is 25.8 Å². The minimum Gasteiger partial charge on any atom is -0.596 e. The first kappa shape index (κ1) is 17.7. The Hall–Kier alpha value is -1.08. The monoisotopic (exact) mass is 367 g/mol. The molecule has 24 heavy (non-hydrogen) atoms. The lowest BCUT2D eigenvalue weighted by atomic mass is 9.97. The fourth-order valence-corrected chi connectivity index (χ4v) is 4.92. The highest BCUT2D eigenvalue weighted by molar-refractivity contribution is 7.96. The molecular weight excluding hydrogens is 346 g/mol. The molecule has 2 heterocycles. The van der Waals surface area contributed by atoms with Crippen LogP contribution in [0.4, 0.5) is 0 Å². The standard InChI is InChI=1S/C17H22ClN3O2S/c1-9(2)10(3)17-21(24(17)22)11(4)15-16(23-5)20-13-7-6-12(18)8-14(13)19-15/h6-11,17H,1-5H3/t10?,11-,17-,21?,24?/m1/s1. The molecule has 2 aromatic rings. The first-order valence-electron chi connectivity index (χ1n) is 8.05. The number of hydrogen-bond donors (Lipinski definition) is 0. The van der Waals surface area contributed by atoms with Crippen molar-refractivity contribution in [2.75, 3.05) is 7.11 Å². The number of methoxy groups -OCH3 is 1. The molecule has 1 fully saturated rings. The van der Waals surface area contributed by atoms with E-state index in [1.807, 2.05) is 17.3 Å². The normalized spacial score (nSPS) is 25.8. The number of aromatic nitrogens is 2. The van der Waals surface area contributed by atoms with Crippen LogP contribution in [0, 0.1) is 11.8 Å². The third-order valence-electron chi connectivity index (χ3n) is 4.71. The molecule has 5 atom stereocenters. The van der Waals surface area contributed by atoms with Gasteiger partial charge in [0, 0.05) is 10.9 Å². The molecule has 1 aromatic carbocycles. The maximum absolute atomic E-state index is 12.4. The summed E-state index contributed by atoms with van der Waals surface area (Å²) in [6, 6.07) is 5.25. The maximum atomic E-state index is 12.4. The largest absolute Gasteiger partial charge is 0.596 e. The van der Waals surface area contributed by atoms with E-state index in [1.165, 1.54) is 0 Å². The molecular formula is C17H22ClN3O2S. The Morgan fingerprint density at radius 1 is 1.21 bits per heavy atom. The van der Waals surface area contributed by atoms with E-state index >= 15 is 0 Å². The van der Waals surface area contributed by atoms with Crippen molar-refractivity contribution >= 4 is 34.0 Å². The first-order chi connectivity index (χ1) is 11.3. The van der Waals surface area contributed by atoms with Gasteiger partial charge in [0.2, 0.25) is 11.3 Å². The van der Waals surface area contributed by atoms with Gasteiger partial charge in [-0.15, -0.1) is 0 Å². The molecule has 0 bridgehead atoms. The lowest BCUT2D eigenvalue weighted by molar-refractivity contribution is 0.304. The van der Waals surface area contributed by atoms with Gasteiger partial charge in [0.05, 0.1) is 29.5 Å². The van der Waals surface area contributed by atoms with Gasteiger partial charge >= 0.3 is 0 Å². The lowest BCUT2D eigenvalue weighted by Gasteiger charge is -2.14. The average molecular weight is 368 g/mol. The van der Waals surface area contributed by atoms with Crippen LogP contribution in [-0.2, 0) is 11.4 Å².